The van der Waals surface area contributed by atoms with Crippen LogP contribution in [0.1, 0.15) is 31.2 Å². The first-order valence-corrected chi connectivity index (χ1v) is 10.6. The molecule has 1 aromatic heterocycles. The van der Waals surface area contributed by atoms with Crippen LogP contribution in [0.3, 0.4) is 0 Å². The Hall–Kier alpha value is -2.78. The van der Waals surface area contributed by atoms with E-state index in [9.17, 15) is 5.11 Å². The summed E-state index contributed by atoms with van der Waals surface area (Å²) in [6.07, 6.45) is 1.86. The number of aliphatic hydroxyl groups is 1. The molecule has 5 rings (SSSR count). The van der Waals surface area contributed by atoms with Crippen molar-refractivity contribution in [1.82, 2.24) is 10.1 Å². The van der Waals surface area contributed by atoms with Crippen molar-refractivity contribution < 1.29 is 33.7 Å². The summed E-state index contributed by atoms with van der Waals surface area (Å²) in [5.74, 6) is 4.10. The standard InChI is InChI=1S/C21H26N2O5.CH2O2/c1-2-15-7-17(28-22-15)11-23-9-13-5-18(24)20(6-14(13)10-23)27-16-3-4-19-21(8-16)26-12-25-19;2-1-3/h3-4,7-8,13-14,18,20,24H,2,5-6,9-12H2,1H3;1H,(H,2,3)/t13-,14+,18+,20+;/m0./s1. The van der Waals surface area contributed by atoms with Crippen LogP contribution in [0.5, 0.6) is 17.2 Å². The van der Waals surface area contributed by atoms with Crippen LogP contribution in [0.25, 0.3) is 0 Å². The van der Waals surface area contributed by atoms with E-state index in [0.717, 1.165) is 61.8 Å². The summed E-state index contributed by atoms with van der Waals surface area (Å²) in [6.45, 7) is 4.84. The molecule has 31 heavy (non-hydrogen) atoms. The van der Waals surface area contributed by atoms with Crippen LogP contribution in [-0.2, 0) is 17.8 Å². The number of carbonyl (C=O) groups is 1. The molecule has 168 valence electrons. The van der Waals surface area contributed by atoms with Crippen LogP contribution in [0.2, 0.25) is 0 Å². The number of hydrogen-bond donors (Lipinski definition) is 2. The Kier molecular flexibility index (Phi) is 6.62. The lowest BCUT2D eigenvalue weighted by molar-refractivity contribution is -0.122. The number of aliphatic hydroxyl groups excluding tert-OH is 1. The molecule has 0 radical (unpaired) electrons. The summed E-state index contributed by atoms with van der Waals surface area (Å²) in [4.78, 5) is 10.8. The molecular formula is C22H28N2O7. The van der Waals surface area contributed by atoms with Crippen molar-refractivity contribution in [1.29, 1.82) is 0 Å². The predicted molar refractivity (Wildman–Crippen MR) is 109 cm³/mol. The topological polar surface area (TPSA) is 114 Å². The third kappa shape index (κ3) is 4.94. The van der Waals surface area contributed by atoms with E-state index in [4.69, 9.17) is 28.6 Å². The lowest BCUT2D eigenvalue weighted by Gasteiger charge is -2.35. The normalized spacial score (nSPS) is 26.6. The van der Waals surface area contributed by atoms with Gasteiger partial charge in [0.1, 0.15) is 11.9 Å². The summed E-state index contributed by atoms with van der Waals surface area (Å²) >= 11 is 0. The van der Waals surface area contributed by atoms with Crippen LogP contribution in [-0.4, -0.2) is 58.8 Å². The van der Waals surface area contributed by atoms with Gasteiger partial charge in [-0.25, -0.2) is 0 Å². The number of benzene rings is 1. The highest BCUT2D eigenvalue weighted by atomic mass is 16.7. The number of rotatable bonds is 5. The van der Waals surface area contributed by atoms with Gasteiger partial charge in [-0.2, -0.15) is 0 Å². The van der Waals surface area contributed by atoms with Gasteiger partial charge in [-0.15, -0.1) is 0 Å². The van der Waals surface area contributed by atoms with Gasteiger partial charge in [-0.05, 0) is 43.2 Å². The van der Waals surface area contributed by atoms with Gasteiger partial charge in [0.05, 0.1) is 18.3 Å². The van der Waals surface area contributed by atoms with Crippen molar-refractivity contribution in [2.75, 3.05) is 19.9 Å². The van der Waals surface area contributed by atoms with Gasteiger partial charge in [-0.3, -0.25) is 9.69 Å². The number of carboxylic acid groups (broad SMARTS) is 1. The Labute approximate surface area is 180 Å². The van der Waals surface area contributed by atoms with E-state index in [1.54, 1.807) is 0 Å². The van der Waals surface area contributed by atoms with E-state index in [1.807, 2.05) is 24.3 Å². The molecule has 1 saturated carbocycles. The van der Waals surface area contributed by atoms with E-state index < -0.39 is 6.10 Å². The van der Waals surface area contributed by atoms with Crippen molar-refractivity contribution in [2.45, 2.75) is 44.9 Å². The molecule has 3 aliphatic rings. The van der Waals surface area contributed by atoms with Gasteiger partial charge in [-0.1, -0.05) is 12.1 Å². The molecule has 2 fully saturated rings. The Bertz CT molecular complexity index is 886. The zero-order valence-corrected chi connectivity index (χ0v) is 17.5. The SMILES string of the molecule is CCc1cc(CN2C[C@H]3C[C@@H](Oc4ccc5c(c4)OCO5)[C@H](O)C[C@H]3C2)on1.O=CO. The lowest BCUT2D eigenvalue weighted by atomic mass is 9.78. The monoisotopic (exact) mass is 432 g/mol. The van der Waals surface area contributed by atoms with Crippen LogP contribution in [0.4, 0.5) is 0 Å². The fraction of sp³-hybridized carbons (Fsp3) is 0.545. The van der Waals surface area contributed by atoms with E-state index in [-0.39, 0.29) is 19.4 Å². The summed E-state index contributed by atoms with van der Waals surface area (Å²) in [6, 6.07) is 7.62. The minimum absolute atomic E-state index is 0.196. The summed E-state index contributed by atoms with van der Waals surface area (Å²) in [7, 11) is 0. The number of aryl methyl sites for hydroxylation is 1. The Morgan fingerprint density at radius 2 is 1.94 bits per heavy atom. The maximum absolute atomic E-state index is 10.7. The van der Waals surface area contributed by atoms with Crippen LogP contribution in [0, 0.1) is 11.8 Å². The molecule has 9 heteroatoms. The van der Waals surface area contributed by atoms with Gasteiger partial charge in [0.2, 0.25) is 6.79 Å². The maximum atomic E-state index is 10.7. The number of likely N-dealkylation sites (tertiary alicyclic amines) is 1. The highest BCUT2D eigenvalue weighted by Crippen LogP contribution is 2.40. The highest BCUT2D eigenvalue weighted by Gasteiger charge is 2.42. The summed E-state index contributed by atoms with van der Waals surface area (Å²) < 4.78 is 22.3. The van der Waals surface area contributed by atoms with Crippen LogP contribution >= 0.6 is 0 Å². The second-order valence-corrected chi connectivity index (χ2v) is 8.17. The molecule has 1 saturated heterocycles. The zero-order valence-electron chi connectivity index (χ0n) is 17.5. The Balaban J connectivity index is 0.000000730. The van der Waals surface area contributed by atoms with Gasteiger partial charge < -0.3 is 28.9 Å². The number of fused-ring (bicyclic) bond motifs is 2. The third-order valence-electron chi connectivity index (χ3n) is 6.14. The first-order valence-electron chi connectivity index (χ1n) is 10.6. The molecule has 2 N–H and O–H groups in total. The van der Waals surface area contributed by atoms with E-state index in [0.29, 0.717) is 17.6 Å². The fourth-order valence-electron chi connectivity index (χ4n) is 4.69. The molecule has 4 atom stereocenters. The maximum Gasteiger partial charge on any atom is 0.290 e. The number of nitrogens with zero attached hydrogens (tertiary/aromatic N) is 2. The van der Waals surface area contributed by atoms with Crippen LogP contribution in [0.15, 0.2) is 28.8 Å². The second kappa shape index (κ2) is 9.57. The molecule has 1 aromatic carbocycles. The van der Waals surface area contributed by atoms with Crippen molar-refractivity contribution in [3.05, 3.63) is 35.7 Å². The molecule has 0 unspecified atom stereocenters. The van der Waals surface area contributed by atoms with Crippen molar-refractivity contribution in [3.8, 4) is 17.2 Å². The van der Waals surface area contributed by atoms with Crippen LogP contribution < -0.4 is 14.2 Å². The third-order valence-corrected chi connectivity index (χ3v) is 6.14. The first kappa shape index (κ1) is 21.5. The fourth-order valence-corrected chi connectivity index (χ4v) is 4.69. The largest absolute Gasteiger partial charge is 0.488 e. The second-order valence-electron chi connectivity index (χ2n) is 8.17. The number of aromatic nitrogens is 1. The molecule has 1 aliphatic carbocycles. The average Bonchev–Trinajstić information content (AvgIpc) is 3.48. The molecular weight excluding hydrogens is 404 g/mol. The predicted octanol–water partition coefficient (Wildman–Crippen LogP) is 2.32. The number of hydrogen-bond acceptors (Lipinski definition) is 8. The molecule has 0 amide bonds. The minimum atomic E-state index is -0.455. The van der Waals surface area contributed by atoms with Crippen molar-refractivity contribution in [2.24, 2.45) is 11.8 Å². The zero-order chi connectivity index (χ0) is 21.8. The van der Waals surface area contributed by atoms with E-state index >= 15 is 0 Å². The highest BCUT2D eigenvalue weighted by molar-refractivity contribution is 5.47. The molecule has 9 nitrogen and oxygen atoms in total. The molecule has 0 spiro atoms. The summed E-state index contributed by atoms with van der Waals surface area (Å²) in [5, 5.41) is 21.6. The van der Waals surface area contributed by atoms with Gasteiger partial charge >= 0.3 is 0 Å². The summed E-state index contributed by atoms with van der Waals surface area (Å²) in [5.41, 5.74) is 0.999. The van der Waals surface area contributed by atoms with Crippen molar-refractivity contribution in [3.63, 3.8) is 0 Å². The smallest absolute Gasteiger partial charge is 0.290 e. The van der Waals surface area contributed by atoms with Gasteiger partial charge in [0.15, 0.2) is 17.3 Å². The molecule has 0 bridgehead atoms. The molecule has 2 aromatic rings. The first-order chi connectivity index (χ1) is 15.1. The van der Waals surface area contributed by atoms with Gasteiger partial charge in [0, 0.05) is 25.2 Å². The lowest BCUT2D eigenvalue weighted by Crippen LogP contribution is -2.42. The number of ether oxygens (including phenoxy) is 3. The molecule has 2 aliphatic heterocycles. The quantitative estimate of drug-likeness (QED) is 0.687. The van der Waals surface area contributed by atoms with Crippen molar-refractivity contribution >= 4 is 6.47 Å². The minimum Gasteiger partial charge on any atom is -0.488 e. The molecule has 3 heterocycles. The Morgan fingerprint density at radius 1 is 1.19 bits per heavy atom. The Morgan fingerprint density at radius 3 is 2.68 bits per heavy atom. The van der Waals surface area contributed by atoms with E-state index in [1.165, 1.54) is 0 Å². The van der Waals surface area contributed by atoms with E-state index in [2.05, 4.69) is 17.0 Å². The van der Waals surface area contributed by atoms with Gasteiger partial charge in [0.25, 0.3) is 6.47 Å². The average molecular weight is 432 g/mol.